The number of benzene rings is 2. The van der Waals surface area contributed by atoms with Crippen molar-refractivity contribution in [3.8, 4) is 0 Å². The Morgan fingerprint density at radius 3 is 2.48 bits per heavy atom. The predicted octanol–water partition coefficient (Wildman–Crippen LogP) is 2.68. The summed E-state index contributed by atoms with van der Waals surface area (Å²) in [4.78, 5) is 11.9. The first kappa shape index (κ1) is 17.0. The van der Waals surface area contributed by atoms with Crippen molar-refractivity contribution < 1.29 is 23.3 Å². The zero-order chi connectivity index (χ0) is 17.0. The molecule has 1 amide bonds. The number of rotatable bonds is 5. The molecule has 3 nitrogen and oxygen atoms in total. The van der Waals surface area contributed by atoms with E-state index in [1.165, 1.54) is 12.1 Å². The summed E-state index contributed by atoms with van der Waals surface area (Å²) < 4.78 is 39.5. The van der Waals surface area contributed by atoms with Crippen molar-refractivity contribution in [2.24, 2.45) is 0 Å². The van der Waals surface area contributed by atoms with E-state index in [2.05, 4.69) is 5.32 Å². The highest BCUT2D eigenvalue weighted by atomic mass is 19.2. The van der Waals surface area contributed by atoms with Crippen LogP contribution in [0.3, 0.4) is 0 Å². The van der Waals surface area contributed by atoms with Gasteiger partial charge < -0.3 is 10.6 Å². The van der Waals surface area contributed by atoms with E-state index in [0.717, 1.165) is 12.1 Å². The Morgan fingerprint density at radius 1 is 1.09 bits per heavy atom. The monoisotopic (exact) mass is 323 g/mol. The number of carbonyl (C=O) groups excluding carboxylic acids is 1. The quantitative estimate of drug-likeness (QED) is 0.873. The van der Waals surface area contributed by atoms with Crippen LogP contribution in [0.25, 0.3) is 0 Å². The van der Waals surface area contributed by atoms with Crippen LogP contribution in [0.1, 0.15) is 24.1 Å². The van der Waals surface area contributed by atoms with E-state index < -0.39 is 11.6 Å². The molecule has 0 saturated carbocycles. The van der Waals surface area contributed by atoms with Crippen molar-refractivity contribution in [1.29, 1.82) is 0 Å². The summed E-state index contributed by atoms with van der Waals surface area (Å²) in [6.45, 7) is 3.50. The number of halogens is 3. The average Bonchev–Trinajstić information content (AvgIpc) is 2.51. The van der Waals surface area contributed by atoms with Crippen LogP contribution >= 0.6 is 0 Å². The van der Waals surface area contributed by atoms with Crippen molar-refractivity contribution in [3.63, 3.8) is 0 Å². The minimum absolute atomic E-state index is 0.0790. The summed E-state index contributed by atoms with van der Waals surface area (Å²) in [5.41, 5.74) is 1.46. The fourth-order valence-corrected chi connectivity index (χ4v) is 2.10. The second kappa shape index (κ2) is 7.28. The maximum absolute atomic E-state index is 13.4. The molecule has 0 heterocycles. The summed E-state index contributed by atoms with van der Waals surface area (Å²) in [5.74, 6) is -2.51. The van der Waals surface area contributed by atoms with Gasteiger partial charge >= 0.3 is 0 Å². The molecule has 0 radical (unpaired) electrons. The summed E-state index contributed by atoms with van der Waals surface area (Å²) in [6, 6.07) is 7.89. The van der Waals surface area contributed by atoms with Gasteiger partial charge in [0, 0.05) is 11.3 Å². The van der Waals surface area contributed by atoms with Crippen LogP contribution in [0.15, 0.2) is 36.4 Å². The number of quaternary nitrogens is 1. The van der Waals surface area contributed by atoms with Crippen molar-refractivity contribution in [1.82, 2.24) is 0 Å². The van der Waals surface area contributed by atoms with E-state index >= 15 is 0 Å². The van der Waals surface area contributed by atoms with Gasteiger partial charge in [-0.15, -0.1) is 0 Å². The molecule has 2 aromatic rings. The zero-order valence-corrected chi connectivity index (χ0v) is 12.9. The molecule has 23 heavy (non-hydrogen) atoms. The zero-order valence-electron chi connectivity index (χ0n) is 12.9. The van der Waals surface area contributed by atoms with Gasteiger partial charge in [0.25, 0.3) is 5.91 Å². The lowest BCUT2D eigenvalue weighted by Crippen LogP contribution is -2.86. The van der Waals surface area contributed by atoms with Crippen LogP contribution in [-0.4, -0.2) is 12.5 Å². The number of aryl methyl sites for hydroxylation is 1. The van der Waals surface area contributed by atoms with Crippen LogP contribution in [0, 0.1) is 24.4 Å². The fourth-order valence-electron chi connectivity index (χ4n) is 2.10. The molecular formula is C17H18F3N2O+. The SMILES string of the molecule is Cc1ccc(NC(=O)C[NH2+][C@H](C)c2ccc(F)c(F)c2)cc1F. The van der Waals surface area contributed by atoms with E-state index in [-0.39, 0.29) is 24.3 Å². The van der Waals surface area contributed by atoms with Gasteiger partial charge in [0.05, 0.1) is 0 Å². The van der Waals surface area contributed by atoms with Gasteiger partial charge in [-0.25, -0.2) is 13.2 Å². The van der Waals surface area contributed by atoms with E-state index in [1.807, 2.05) is 0 Å². The summed E-state index contributed by atoms with van der Waals surface area (Å²) in [6.07, 6.45) is 0. The lowest BCUT2D eigenvalue weighted by atomic mass is 10.1. The lowest BCUT2D eigenvalue weighted by Gasteiger charge is -2.12. The van der Waals surface area contributed by atoms with Gasteiger partial charge in [-0.3, -0.25) is 4.79 Å². The standard InChI is InChI=1S/C17H17F3N2O/c1-10-3-5-13(8-15(10)19)22-17(23)9-21-11(2)12-4-6-14(18)16(20)7-12/h3-8,11,21H,9H2,1-2H3,(H,22,23)/p+1/t11-/m1/s1. The fraction of sp³-hybridized carbons (Fsp3) is 0.235. The molecule has 0 aromatic heterocycles. The highest BCUT2D eigenvalue weighted by Crippen LogP contribution is 2.14. The van der Waals surface area contributed by atoms with Crippen LogP contribution in [-0.2, 0) is 4.79 Å². The van der Waals surface area contributed by atoms with Crippen molar-refractivity contribution in [2.75, 3.05) is 11.9 Å². The molecule has 6 heteroatoms. The topological polar surface area (TPSA) is 45.7 Å². The summed E-state index contributed by atoms with van der Waals surface area (Å²) in [7, 11) is 0. The second-order valence-corrected chi connectivity index (χ2v) is 5.41. The Kier molecular flexibility index (Phi) is 5.39. The molecule has 1 atom stereocenters. The number of carbonyl (C=O) groups is 1. The number of nitrogens with two attached hydrogens (primary N) is 1. The molecule has 0 aliphatic rings. The van der Waals surface area contributed by atoms with E-state index in [9.17, 15) is 18.0 Å². The number of anilines is 1. The number of hydrogen-bond acceptors (Lipinski definition) is 1. The number of amides is 1. The van der Waals surface area contributed by atoms with Crippen molar-refractivity contribution in [2.45, 2.75) is 19.9 Å². The predicted molar refractivity (Wildman–Crippen MR) is 81.3 cm³/mol. The first-order valence-corrected chi connectivity index (χ1v) is 7.21. The number of nitrogens with one attached hydrogen (secondary N) is 1. The van der Waals surface area contributed by atoms with E-state index in [0.29, 0.717) is 16.8 Å². The van der Waals surface area contributed by atoms with Gasteiger partial charge in [0.15, 0.2) is 18.2 Å². The first-order valence-electron chi connectivity index (χ1n) is 7.21. The second-order valence-electron chi connectivity index (χ2n) is 5.41. The molecule has 0 aliphatic heterocycles. The van der Waals surface area contributed by atoms with Gasteiger partial charge in [0.1, 0.15) is 11.9 Å². The maximum atomic E-state index is 13.4. The van der Waals surface area contributed by atoms with Crippen LogP contribution in [0.5, 0.6) is 0 Å². The Bertz CT molecular complexity index is 719. The molecule has 2 aromatic carbocycles. The summed E-state index contributed by atoms with van der Waals surface area (Å²) in [5, 5.41) is 4.28. The lowest BCUT2D eigenvalue weighted by molar-refractivity contribution is -0.682. The Balaban J connectivity index is 1.90. The smallest absolute Gasteiger partial charge is 0.279 e. The Labute approximate surface area is 132 Å². The van der Waals surface area contributed by atoms with Crippen LogP contribution in [0.4, 0.5) is 18.9 Å². The normalized spacial score (nSPS) is 12.0. The molecular weight excluding hydrogens is 305 g/mol. The van der Waals surface area contributed by atoms with Crippen molar-refractivity contribution >= 4 is 11.6 Å². The molecule has 0 unspecified atom stereocenters. The Morgan fingerprint density at radius 2 is 1.83 bits per heavy atom. The van der Waals surface area contributed by atoms with Crippen molar-refractivity contribution in [3.05, 3.63) is 65.0 Å². The molecule has 0 bridgehead atoms. The molecule has 2 rings (SSSR count). The van der Waals surface area contributed by atoms with Gasteiger partial charge in [0.2, 0.25) is 0 Å². The third-order valence-corrected chi connectivity index (χ3v) is 3.58. The Hall–Kier alpha value is -2.34. The highest BCUT2D eigenvalue weighted by molar-refractivity contribution is 5.91. The molecule has 0 spiro atoms. The number of hydrogen-bond donors (Lipinski definition) is 2. The largest absolute Gasteiger partial charge is 0.333 e. The molecule has 122 valence electrons. The van der Waals surface area contributed by atoms with E-state index in [4.69, 9.17) is 0 Å². The van der Waals surface area contributed by atoms with Crippen LogP contribution < -0.4 is 10.6 Å². The molecule has 0 saturated heterocycles. The van der Waals surface area contributed by atoms with Gasteiger partial charge in [-0.05, 0) is 49.7 Å². The third-order valence-electron chi connectivity index (χ3n) is 3.58. The molecule has 3 N–H and O–H groups in total. The molecule has 0 fully saturated rings. The average molecular weight is 323 g/mol. The molecule has 0 aliphatic carbocycles. The minimum Gasteiger partial charge on any atom is -0.333 e. The van der Waals surface area contributed by atoms with Crippen LogP contribution in [0.2, 0.25) is 0 Å². The minimum atomic E-state index is -0.915. The van der Waals surface area contributed by atoms with Gasteiger partial charge in [-0.1, -0.05) is 6.07 Å². The van der Waals surface area contributed by atoms with E-state index in [1.54, 1.807) is 31.3 Å². The summed E-state index contributed by atoms with van der Waals surface area (Å²) >= 11 is 0. The third kappa shape index (κ3) is 4.56. The first-order chi connectivity index (χ1) is 10.9. The van der Waals surface area contributed by atoms with Gasteiger partial charge in [-0.2, -0.15) is 0 Å². The maximum Gasteiger partial charge on any atom is 0.279 e. The highest BCUT2D eigenvalue weighted by Gasteiger charge is 2.14.